The molecule has 4 rings (SSSR count). The van der Waals surface area contributed by atoms with Gasteiger partial charge in [-0.15, -0.1) is 12.4 Å². The number of amides is 1. The van der Waals surface area contributed by atoms with Crippen molar-refractivity contribution in [2.75, 3.05) is 18.4 Å². The summed E-state index contributed by atoms with van der Waals surface area (Å²) in [5, 5.41) is 4.34. The first-order valence-electron chi connectivity index (χ1n) is 9.90. The van der Waals surface area contributed by atoms with E-state index in [-0.39, 0.29) is 18.3 Å². The molecule has 152 valence electrons. The maximum absolute atomic E-state index is 13.4. The number of carbonyl (C=O) groups is 1. The lowest BCUT2D eigenvalue weighted by Gasteiger charge is -2.31. The number of rotatable bonds is 3. The van der Waals surface area contributed by atoms with Gasteiger partial charge in [-0.25, -0.2) is 9.97 Å². The summed E-state index contributed by atoms with van der Waals surface area (Å²) in [4.78, 5) is 24.4. The van der Waals surface area contributed by atoms with Crippen molar-refractivity contribution in [3.8, 4) is 0 Å². The number of pyridine rings is 2. The number of hydrogen-bond donors (Lipinski definition) is 1. The monoisotopic (exact) mass is 410 g/mol. The van der Waals surface area contributed by atoms with Crippen molar-refractivity contribution in [2.24, 2.45) is 5.92 Å². The standard InChI is InChI=1S/C23H26N4O.ClH/c1-15-6-4-8-18(12-15)26-21-19-10-9-17(3)25-22(19)24-13-20(21)23(28)27-11-5-7-16(2)14-27;/h4,6,8-10,12-13,16H,5,7,11,14H2,1-3H3,(H,24,25,26);1H. The maximum atomic E-state index is 13.4. The Morgan fingerprint density at radius 2 is 2.03 bits per heavy atom. The molecule has 5 nitrogen and oxygen atoms in total. The zero-order valence-corrected chi connectivity index (χ0v) is 17.9. The van der Waals surface area contributed by atoms with Crippen LogP contribution in [0.2, 0.25) is 0 Å². The smallest absolute Gasteiger partial charge is 0.257 e. The van der Waals surface area contributed by atoms with Gasteiger partial charge in [0.25, 0.3) is 5.91 Å². The number of halogens is 1. The summed E-state index contributed by atoms with van der Waals surface area (Å²) in [6.45, 7) is 7.81. The predicted molar refractivity (Wildman–Crippen MR) is 120 cm³/mol. The van der Waals surface area contributed by atoms with E-state index in [1.54, 1.807) is 6.20 Å². The van der Waals surface area contributed by atoms with Crippen LogP contribution >= 0.6 is 12.4 Å². The fraction of sp³-hybridized carbons (Fsp3) is 0.348. The number of anilines is 2. The number of nitrogens with one attached hydrogen (secondary N) is 1. The third kappa shape index (κ3) is 4.51. The van der Waals surface area contributed by atoms with Crippen LogP contribution in [-0.2, 0) is 0 Å². The number of hydrogen-bond acceptors (Lipinski definition) is 4. The van der Waals surface area contributed by atoms with Gasteiger partial charge in [0.1, 0.15) is 0 Å². The molecule has 1 aliphatic rings. The molecule has 0 saturated carbocycles. The van der Waals surface area contributed by atoms with Gasteiger partial charge >= 0.3 is 0 Å². The fourth-order valence-corrected chi connectivity index (χ4v) is 3.88. The largest absolute Gasteiger partial charge is 0.354 e. The number of piperidine rings is 1. The second-order valence-corrected chi connectivity index (χ2v) is 7.86. The van der Waals surface area contributed by atoms with Gasteiger partial charge in [0.15, 0.2) is 5.65 Å². The number of benzene rings is 1. The van der Waals surface area contributed by atoms with Crippen molar-refractivity contribution in [3.05, 3.63) is 59.4 Å². The normalized spacial score (nSPS) is 16.4. The van der Waals surface area contributed by atoms with E-state index < -0.39 is 0 Å². The molecule has 1 aliphatic heterocycles. The molecule has 3 aromatic rings. The van der Waals surface area contributed by atoms with Crippen LogP contribution in [0.15, 0.2) is 42.6 Å². The molecule has 0 spiro atoms. The minimum absolute atomic E-state index is 0. The number of aromatic nitrogens is 2. The second-order valence-electron chi connectivity index (χ2n) is 7.86. The lowest BCUT2D eigenvalue weighted by molar-refractivity contribution is 0.0684. The van der Waals surface area contributed by atoms with Gasteiger partial charge < -0.3 is 10.2 Å². The van der Waals surface area contributed by atoms with Gasteiger partial charge in [0.2, 0.25) is 0 Å². The first-order chi connectivity index (χ1) is 13.5. The summed E-state index contributed by atoms with van der Waals surface area (Å²) in [6.07, 6.45) is 3.90. The number of nitrogens with zero attached hydrogens (tertiary/aromatic N) is 3. The molecule has 1 amide bonds. The number of likely N-dealkylation sites (tertiary alicyclic amines) is 1. The third-order valence-corrected chi connectivity index (χ3v) is 5.33. The molecule has 1 aromatic carbocycles. The molecular weight excluding hydrogens is 384 g/mol. The van der Waals surface area contributed by atoms with Crippen molar-refractivity contribution in [3.63, 3.8) is 0 Å². The van der Waals surface area contributed by atoms with Gasteiger partial charge in [-0.2, -0.15) is 0 Å². The molecule has 1 saturated heterocycles. The topological polar surface area (TPSA) is 58.1 Å². The van der Waals surface area contributed by atoms with E-state index in [1.165, 1.54) is 6.42 Å². The van der Waals surface area contributed by atoms with Crippen LogP contribution in [0.3, 0.4) is 0 Å². The van der Waals surface area contributed by atoms with Gasteiger partial charge in [-0.1, -0.05) is 19.1 Å². The van der Waals surface area contributed by atoms with E-state index in [1.807, 2.05) is 36.1 Å². The molecule has 29 heavy (non-hydrogen) atoms. The Kier molecular flexibility index (Phi) is 6.38. The first-order valence-corrected chi connectivity index (χ1v) is 9.90. The molecule has 0 aliphatic carbocycles. The van der Waals surface area contributed by atoms with Crippen LogP contribution in [0.1, 0.15) is 41.4 Å². The highest BCUT2D eigenvalue weighted by Crippen LogP contribution is 2.31. The van der Waals surface area contributed by atoms with Gasteiger partial charge in [0, 0.05) is 36.1 Å². The highest BCUT2D eigenvalue weighted by Gasteiger charge is 2.25. The molecule has 0 radical (unpaired) electrons. The Labute approximate surface area is 178 Å². The Balaban J connectivity index is 0.00000240. The van der Waals surface area contributed by atoms with Crippen LogP contribution in [0.25, 0.3) is 11.0 Å². The molecule has 1 atom stereocenters. The Hall–Kier alpha value is -2.66. The number of carbonyl (C=O) groups excluding carboxylic acids is 1. The van der Waals surface area contributed by atoms with E-state index in [0.717, 1.165) is 47.5 Å². The van der Waals surface area contributed by atoms with E-state index in [9.17, 15) is 4.79 Å². The zero-order valence-electron chi connectivity index (χ0n) is 17.1. The van der Waals surface area contributed by atoms with E-state index in [4.69, 9.17) is 0 Å². The summed E-state index contributed by atoms with van der Waals surface area (Å²) in [5.74, 6) is 0.570. The SMILES string of the molecule is Cc1cccc(Nc2c(C(=O)N3CCCC(C)C3)cnc3nc(C)ccc23)c1.Cl. The van der Waals surface area contributed by atoms with Crippen LogP contribution in [0.5, 0.6) is 0 Å². The predicted octanol–water partition coefficient (Wildman–Crippen LogP) is 5.28. The van der Waals surface area contributed by atoms with Crippen LogP contribution in [0.4, 0.5) is 11.4 Å². The highest BCUT2D eigenvalue weighted by atomic mass is 35.5. The lowest BCUT2D eigenvalue weighted by atomic mass is 9.99. The highest BCUT2D eigenvalue weighted by molar-refractivity contribution is 6.07. The van der Waals surface area contributed by atoms with Crippen LogP contribution in [0, 0.1) is 19.8 Å². The van der Waals surface area contributed by atoms with Crippen LogP contribution in [-0.4, -0.2) is 33.9 Å². The molecule has 1 unspecified atom stereocenters. The average molecular weight is 411 g/mol. The lowest BCUT2D eigenvalue weighted by Crippen LogP contribution is -2.39. The van der Waals surface area contributed by atoms with Gasteiger partial charge in [0.05, 0.1) is 11.3 Å². The van der Waals surface area contributed by atoms with Crippen molar-refractivity contribution >= 4 is 40.7 Å². The summed E-state index contributed by atoms with van der Waals surface area (Å²) < 4.78 is 0. The summed E-state index contributed by atoms with van der Waals surface area (Å²) in [7, 11) is 0. The van der Waals surface area contributed by atoms with Crippen molar-refractivity contribution in [1.82, 2.24) is 14.9 Å². The van der Waals surface area contributed by atoms with E-state index in [2.05, 4.69) is 41.3 Å². The molecule has 0 bridgehead atoms. The number of fused-ring (bicyclic) bond motifs is 1. The summed E-state index contributed by atoms with van der Waals surface area (Å²) in [5.41, 5.74) is 5.06. The molecular formula is C23H27ClN4O. The Morgan fingerprint density at radius 3 is 2.79 bits per heavy atom. The molecule has 6 heteroatoms. The Bertz CT molecular complexity index is 1040. The van der Waals surface area contributed by atoms with Crippen molar-refractivity contribution in [1.29, 1.82) is 0 Å². The Morgan fingerprint density at radius 1 is 1.21 bits per heavy atom. The van der Waals surface area contributed by atoms with E-state index >= 15 is 0 Å². The summed E-state index contributed by atoms with van der Waals surface area (Å²) >= 11 is 0. The number of aryl methyl sites for hydroxylation is 2. The van der Waals surface area contributed by atoms with Crippen molar-refractivity contribution in [2.45, 2.75) is 33.6 Å². The zero-order chi connectivity index (χ0) is 19.7. The summed E-state index contributed by atoms with van der Waals surface area (Å²) in [6, 6.07) is 12.1. The third-order valence-electron chi connectivity index (χ3n) is 5.33. The van der Waals surface area contributed by atoms with Gasteiger partial charge in [-0.05, 0) is 62.4 Å². The second kappa shape index (κ2) is 8.78. The fourth-order valence-electron chi connectivity index (χ4n) is 3.88. The molecule has 2 aromatic heterocycles. The molecule has 1 N–H and O–H groups in total. The average Bonchev–Trinajstić information content (AvgIpc) is 2.67. The van der Waals surface area contributed by atoms with Crippen LogP contribution < -0.4 is 5.32 Å². The molecule has 3 heterocycles. The quantitative estimate of drug-likeness (QED) is 0.637. The van der Waals surface area contributed by atoms with E-state index in [0.29, 0.717) is 17.1 Å². The molecule has 1 fully saturated rings. The first kappa shape index (κ1) is 21.1. The maximum Gasteiger partial charge on any atom is 0.257 e. The van der Waals surface area contributed by atoms with Gasteiger partial charge in [-0.3, -0.25) is 4.79 Å². The van der Waals surface area contributed by atoms with Crippen molar-refractivity contribution < 1.29 is 4.79 Å². The minimum atomic E-state index is 0. The minimum Gasteiger partial charge on any atom is -0.354 e.